The molecule has 2 amide bonds. The third kappa shape index (κ3) is 5.96. The van der Waals surface area contributed by atoms with Gasteiger partial charge in [-0.25, -0.2) is 4.79 Å². The Balaban J connectivity index is 2.40. The summed E-state index contributed by atoms with van der Waals surface area (Å²) in [4.78, 5) is 12.4. The van der Waals surface area contributed by atoms with E-state index in [9.17, 15) is 4.79 Å². The Bertz CT molecular complexity index is 395. The maximum atomic E-state index is 11.7. The molecule has 0 fully saturated rings. The van der Waals surface area contributed by atoms with Crippen molar-refractivity contribution in [3.8, 4) is 0 Å². The van der Waals surface area contributed by atoms with Crippen molar-refractivity contribution in [2.75, 3.05) is 25.1 Å². The van der Waals surface area contributed by atoms with E-state index in [-0.39, 0.29) is 6.03 Å². The third-order valence-electron chi connectivity index (χ3n) is 2.29. The molecule has 5 nitrogen and oxygen atoms in total. The van der Waals surface area contributed by atoms with Gasteiger partial charge in [0.2, 0.25) is 0 Å². The number of rotatable bonds is 7. The number of thiol groups is 1. The van der Waals surface area contributed by atoms with Gasteiger partial charge in [0, 0.05) is 18.1 Å². The van der Waals surface area contributed by atoms with Crippen LogP contribution < -0.4 is 10.6 Å². The van der Waals surface area contributed by atoms with E-state index in [0.29, 0.717) is 30.3 Å². The SMILES string of the molecule is CCOC(CNC(=O)Nc1ccccc1S)OCC. The lowest BCUT2D eigenvalue weighted by molar-refractivity contribution is -0.131. The number of ether oxygens (including phenoxy) is 2. The minimum atomic E-state index is -0.424. The van der Waals surface area contributed by atoms with Crippen molar-refractivity contribution in [1.82, 2.24) is 5.32 Å². The van der Waals surface area contributed by atoms with E-state index in [1.165, 1.54) is 0 Å². The van der Waals surface area contributed by atoms with Gasteiger partial charge in [0.05, 0.1) is 12.2 Å². The Kier molecular flexibility index (Phi) is 7.32. The molecule has 106 valence electrons. The number of hydrogen-bond acceptors (Lipinski definition) is 4. The zero-order valence-corrected chi connectivity index (χ0v) is 12.1. The second kappa shape index (κ2) is 8.79. The summed E-state index contributed by atoms with van der Waals surface area (Å²) in [6, 6.07) is 6.96. The van der Waals surface area contributed by atoms with Crippen molar-refractivity contribution in [2.45, 2.75) is 25.0 Å². The Morgan fingerprint density at radius 1 is 1.26 bits per heavy atom. The first-order valence-corrected chi connectivity index (χ1v) is 6.68. The molecule has 2 N–H and O–H groups in total. The molecule has 1 aromatic rings. The van der Waals surface area contributed by atoms with Crippen LogP contribution in [0, 0.1) is 0 Å². The van der Waals surface area contributed by atoms with Gasteiger partial charge in [0.1, 0.15) is 0 Å². The predicted molar refractivity (Wildman–Crippen MR) is 77.8 cm³/mol. The molecule has 0 spiro atoms. The van der Waals surface area contributed by atoms with Crippen LogP contribution in [0.25, 0.3) is 0 Å². The summed E-state index contributed by atoms with van der Waals surface area (Å²) >= 11 is 4.26. The summed E-state index contributed by atoms with van der Waals surface area (Å²) in [5.41, 5.74) is 0.660. The standard InChI is InChI=1S/C13H20N2O3S/c1-3-17-12(18-4-2)9-14-13(16)15-10-7-5-6-8-11(10)19/h5-8,12,19H,3-4,9H2,1-2H3,(H2,14,15,16). The predicted octanol–water partition coefficient (Wildman–Crippen LogP) is 2.50. The molecule has 0 heterocycles. The molecular formula is C13H20N2O3S. The van der Waals surface area contributed by atoms with E-state index in [0.717, 1.165) is 0 Å². The second-order valence-electron chi connectivity index (χ2n) is 3.69. The highest BCUT2D eigenvalue weighted by molar-refractivity contribution is 7.80. The van der Waals surface area contributed by atoms with E-state index < -0.39 is 6.29 Å². The fourth-order valence-electron chi connectivity index (χ4n) is 1.46. The van der Waals surface area contributed by atoms with Crippen LogP contribution in [0.3, 0.4) is 0 Å². The molecule has 0 aliphatic rings. The highest BCUT2D eigenvalue weighted by Gasteiger charge is 2.10. The zero-order valence-electron chi connectivity index (χ0n) is 11.2. The average Bonchev–Trinajstić information content (AvgIpc) is 2.39. The fourth-order valence-corrected chi connectivity index (χ4v) is 1.68. The summed E-state index contributed by atoms with van der Waals surface area (Å²) in [6.45, 7) is 5.12. The molecule has 1 aromatic carbocycles. The van der Waals surface area contributed by atoms with Gasteiger partial charge >= 0.3 is 6.03 Å². The summed E-state index contributed by atoms with van der Waals surface area (Å²) in [7, 11) is 0. The number of carbonyl (C=O) groups excluding carboxylic acids is 1. The molecule has 0 saturated heterocycles. The van der Waals surface area contributed by atoms with Gasteiger partial charge in [-0.15, -0.1) is 12.6 Å². The van der Waals surface area contributed by atoms with E-state index in [2.05, 4.69) is 23.3 Å². The highest BCUT2D eigenvalue weighted by Crippen LogP contribution is 2.18. The van der Waals surface area contributed by atoms with E-state index in [1.54, 1.807) is 6.07 Å². The van der Waals surface area contributed by atoms with Crippen LogP contribution in [-0.4, -0.2) is 32.1 Å². The highest BCUT2D eigenvalue weighted by atomic mass is 32.1. The maximum absolute atomic E-state index is 11.7. The number of para-hydroxylation sites is 1. The Labute approximate surface area is 119 Å². The molecule has 0 aliphatic carbocycles. The minimum Gasteiger partial charge on any atom is -0.351 e. The maximum Gasteiger partial charge on any atom is 0.319 e. The molecular weight excluding hydrogens is 264 g/mol. The van der Waals surface area contributed by atoms with Crippen molar-refractivity contribution < 1.29 is 14.3 Å². The van der Waals surface area contributed by atoms with Crippen molar-refractivity contribution in [1.29, 1.82) is 0 Å². The first-order valence-electron chi connectivity index (χ1n) is 6.23. The van der Waals surface area contributed by atoms with Crippen LogP contribution >= 0.6 is 12.6 Å². The van der Waals surface area contributed by atoms with Gasteiger partial charge in [0.25, 0.3) is 0 Å². The summed E-state index contributed by atoms with van der Waals surface area (Å²) in [5, 5.41) is 5.41. The van der Waals surface area contributed by atoms with Crippen molar-refractivity contribution >= 4 is 24.3 Å². The fraction of sp³-hybridized carbons (Fsp3) is 0.462. The van der Waals surface area contributed by atoms with E-state index in [1.807, 2.05) is 32.0 Å². The summed E-state index contributed by atoms with van der Waals surface area (Å²) in [6.07, 6.45) is -0.424. The van der Waals surface area contributed by atoms with Gasteiger partial charge < -0.3 is 20.1 Å². The average molecular weight is 284 g/mol. The lowest BCUT2D eigenvalue weighted by Crippen LogP contribution is -2.37. The van der Waals surface area contributed by atoms with E-state index >= 15 is 0 Å². The smallest absolute Gasteiger partial charge is 0.319 e. The van der Waals surface area contributed by atoms with Gasteiger partial charge in [-0.3, -0.25) is 0 Å². The Hall–Kier alpha value is -1.24. The molecule has 0 unspecified atom stereocenters. The topological polar surface area (TPSA) is 59.6 Å². The van der Waals surface area contributed by atoms with Gasteiger partial charge in [0.15, 0.2) is 6.29 Å². The molecule has 0 aromatic heterocycles. The van der Waals surface area contributed by atoms with Gasteiger partial charge in [-0.05, 0) is 26.0 Å². The van der Waals surface area contributed by atoms with Gasteiger partial charge in [-0.2, -0.15) is 0 Å². The van der Waals surface area contributed by atoms with Crippen molar-refractivity contribution in [3.05, 3.63) is 24.3 Å². The lowest BCUT2D eigenvalue weighted by atomic mass is 10.3. The number of nitrogens with one attached hydrogen (secondary N) is 2. The van der Waals surface area contributed by atoms with Crippen molar-refractivity contribution in [3.63, 3.8) is 0 Å². The zero-order chi connectivity index (χ0) is 14.1. The molecule has 6 heteroatoms. The quantitative estimate of drug-likeness (QED) is 0.532. The largest absolute Gasteiger partial charge is 0.351 e. The van der Waals surface area contributed by atoms with Crippen LogP contribution in [0.15, 0.2) is 29.2 Å². The van der Waals surface area contributed by atoms with Crippen LogP contribution in [0.2, 0.25) is 0 Å². The molecule has 1 rings (SSSR count). The van der Waals surface area contributed by atoms with Crippen LogP contribution in [-0.2, 0) is 9.47 Å². The molecule has 0 saturated carbocycles. The third-order valence-corrected chi connectivity index (χ3v) is 2.68. The van der Waals surface area contributed by atoms with Crippen LogP contribution in [0.1, 0.15) is 13.8 Å². The van der Waals surface area contributed by atoms with Crippen molar-refractivity contribution in [2.24, 2.45) is 0 Å². The molecule has 0 radical (unpaired) electrons. The summed E-state index contributed by atoms with van der Waals surface area (Å²) in [5.74, 6) is 0. The molecule has 0 bridgehead atoms. The molecule has 0 atom stereocenters. The van der Waals surface area contributed by atoms with Gasteiger partial charge in [-0.1, -0.05) is 12.1 Å². The molecule has 0 aliphatic heterocycles. The van der Waals surface area contributed by atoms with E-state index in [4.69, 9.17) is 9.47 Å². The summed E-state index contributed by atoms with van der Waals surface area (Å²) < 4.78 is 10.7. The first-order chi connectivity index (χ1) is 9.17. The van der Waals surface area contributed by atoms with Crippen LogP contribution in [0.4, 0.5) is 10.5 Å². The first kappa shape index (κ1) is 15.8. The second-order valence-corrected chi connectivity index (χ2v) is 4.17. The minimum absolute atomic E-state index is 0.294. The van der Waals surface area contributed by atoms with Crippen LogP contribution in [0.5, 0.6) is 0 Å². The number of hydrogen-bond donors (Lipinski definition) is 3. The number of urea groups is 1. The number of amides is 2. The molecule has 19 heavy (non-hydrogen) atoms. The monoisotopic (exact) mass is 284 g/mol. The lowest BCUT2D eigenvalue weighted by Gasteiger charge is -2.17. The number of anilines is 1. The number of carbonyl (C=O) groups is 1. The Morgan fingerprint density at radius 3 is 2.47 bits per heavy atom. The number of benzene rings is 1. The Morgan fingerprint density at radius 2 is 1.89 bits per heavy atom. The normalized spacial score (nSPS) is 10.5.